The van der Waals surface area contributed by atoms with Crippen LogP contribution >= 0.6 is 0 Å². The highest BCUT2D eigenvalue weighted by molar-refractivity contribution is 5.89. The van der Waals surface area contributed by atoms with Gasteiger partial charge in [0.05, 0.1) is 0 Å². The van der Waals surface area contributed by atoms with Gasteiger partial charge in [0.25, 0.3) is 0 Å². The van der Waals surface area contributed by atoms with E-state index in [1.54, 1.807) is 0 Å². The number of carbonyl (C=O) groups is 1. The molecule has 2 rings (SSSR count). The summed E-state index contributed by atoms with van der Waals surface area (Å²) in [7, 11) is 0. The molecule has 0 saturated heterocycles. The number of rotatable bonds is 5. The van der Waals surface area contributed by atoms with E-state index in [1.165, 1.54) is 24.3 Å². The van der Waals surface area contributed by atoms with Gasteiger partial charge in [0.15, 0.2) is 0 Å². The van der Waals surface area contributed by atoms with E-state index in [2.05, 4.69) is 16.0 Å². The highest BCUT2D eigenvalue weighted by Gasteiger charge is 2.07. The molecule has 0 radical (unpaired) electrons. The topological polar surface area (TPSA) is 53.2 Å². The van der Waals surface area contributed by atoms with Crippen molar-refractivity contribution in [1.29, 1.82) is 0 Å². The molecule has 0 aliphatic rings. The van der Waals surface area contributed by atoms with Crippen molar-refractivity contribution in [3.63, 3.8) is 0 Å². The van der Waals surface area contributed by atoms with Gasteiger partial charge in [0.1, 0.15) is 5.82 Å². The van der Waals surface area contributed by atoms with Crippen LogP contribution in [0.25, 0.3) is 0 Å². The molecule has 2 amide bonds. The van der Waals surface area contributed by atoms with Gasteiger partial charge in [-0.1, -0.05) is 18.2 Å². The second-order valence-corrected chi connectivity index (χ2v) is 4.75. The van der Waals surface area contributed by atoms with Gasteiger partial charge in [-0.2, -0.15) is 0 Å². The molecule has 0 bridgehead atoms. The van der Waals surface area contributed by atoms with Crippen molar-refractivity contribution in [2.24, 2.45) is 0 Å². The first kappa shape index (κ1) is 14.8. The quantitative estimate of drug-likeness (QED) is 0.789. The van der Waals surface area contributed by atoms with Crippen LogP contribution in [0.3, 0.4) is 0 Å². The third-order valence-electron chi connectivity index (χ3n) is 2.87. The third kappa shape index (κ3) is 5.14. The molecule has 3 N–H and O–H groups in total. The van der Waals surface area contributed by atoms with Crippen LogP contribution in [0.15, 0.2) is 54.6 Å². The molecule has 0 saturated carbocycles. The summed E-state index contributed by atoms with van der Waals surface area (Å²) in [5, 5.41) is 8.69. The number of carbonyl (C=O) groups excluding carboxylic acids is 1. The lowest BCUT2D eigenvalue weighted by molar-refractivity contribution is 0.249. The van der Waals surface area contributed by atoms with Gasteiger partial charge in [-0.25, -0.2) is 9.18 Å². The normalized spacial score (nSPS) is 11.5. The van der Waals surface area contributed by atoms with Gasteiger partial charge < -0.3 is 16.0 Å². The predicted molar refractivity (Wildman–Crippen MR) is 82.9 cm³/mol. The second-order valence-electron chi connectivity index (χ2n) is 4.75. The van der Waals surface area contributed by atoms with Crippen LogP contribution in [-0.2, 0) is 0 Å². The van der Waals surface area contributed by atoms with E-state index in [4.69, 9.17) is 0 Å². The van der Waals surface area contributed by atoms with Crippen LogP contribution in [0, 0.1) is 5.82 Å². The summed E-state index contributed by atoms with van der Waals surface area (Å²) in [6.07, 6.45) is 0. The lowest BCUT2D eigenvalue weighted by Gasteiger charge is -2.16. The first-order chi connectivity index (χ1) is 10.1. The summed E-state index contributed by atoms with van der Waals surface area (Å²) in [5.74, 6) is -0.332. The Labute approximate surface area is 123 Å². The number of hydrogen-bond acceptors (Lipinski definition) is 2. The van der Waals surface area contributed by atoms with Crippen molar-refractivity contribution >= 4 is 17.4 Å². The first-order valence-corrected chi connectivity index (χ1v) is 6.75. The number of anilines is 2. The van der Waals surface area contributed by atoms with Crippen molar-refractivity contribution in [3.05, 3.63) is 60.4 Å². The summed E-state index contributed by atoms with van der Waals surface area (Å²) in [6, 6.07) is 15.0. The largest absolute Gasteiger partial charge is 0.383 e. The highest BCUT2D eigenvalue weighted by atomic mass is 19.1. The van der Waals surface area contributed by atoms with E-state index in [0.29, 0.717) is 12.2 Å². The number of benzene rings is 2. The molecule has 0 aliphatic heterocycles. The predicted octanol–water partition coefficient (Wildman–Crippen LogP) is 3.45. The van der Waals surface area contributed by atoms with Crippen LogP contribution < -0.4 is 16.0 Å². The number of para-hydroxylation sites is 1. The summed E-state index contributed by atoms with van der Waals surface area (Å²) in [5.41, 5.74) is 1.56. The van der Waals surface area contributed by atoms with Crippen LogP contribution in [0.5, 0.6) is 0 Å². The van der Waals surface area contributed by atoms with Gasteiger partial charge in [-0.15, -0.1) is 0 Å². The molecular formula is C16H18FN3O. The summed E-state index contributed by atoms with van der Waals surface area (Å²) in [4.78, 5) is 11.8. The summed E-state index contributed by atoms with van der Waals surface area (Å²) >= 11 is 0. The van der Waals surface area contributed by atoms with Gasteiger partial charge in [-0.3, -0.25) is 0 Å². The molecule has 110 valence electrons. The number of halogens is 1. The van der Waals surface area contributed by atoms with Crippen molar-refractivity contribution in [2.45, 2.75) is 13.0 Å². The zero-order valence-electron chi connectivity index (χ0n) is 11.8. The molecule has 0 aromatic heterocycles. The minimum absolute atomic E-state index is 0.0503. The maximum atomic E-state index is 12.8. The zero-order valence-corrected chi connectivity index (χ0v) is 11.8. The van der Waals surface area contributed by atoms with Crippen LogP contribution in [0.1, 0.15) is 6.92 Å². The Morgan fingerprint density at radius 2 is 1.71 bits per heavy atom. The minimum Gasteiger partial charge on any atom is -0.383 e. The first-order valence-electron chi connectivity index (χ1n) is 6.75. The number of hydrogen-bond donors (Lipinski definition) is 3. The van der Waals surface area contributed by atoms with Gasteiger partial charge >= 0.3 is 6.03 Å². The van der Waals surface area contributed by atoms with E-state index < -0.39 is 0 Å². The molecule has 1 unspecified atom stereocenters. The van der Waals surface area contributed by atoms with E-state index in [1.807, 2.05) is 37.3 Å². The third-order valence-corrected chi connectivity index (χ3v) is 2.87. The lowest BCUT2D eigenvalue weighted by Crippen LogP contribution is -2.40. The molecule has 21 heavy (non-hydrogen) atoms. The standard InChI is InChI=1S/C16H18FN3O/c1-12(11-18-14-5-3-2-4-6-14)19-16(21)20-15-9-7-13(17)8-10-15/h2-10,12,18H,11H2,1H3,(H2,19,20,21). The number of urea groups is 1. The van der Waals surface area contributed by atoms with Crippen molar-refractivity contribution in [2.75, 3.05) is 17.2 Å². The van der Waals surface area contributed by atoms with E-state index in [-0.39, 0.29) is 17.9 Å². The highest BCUT2D eigenvalue weighted by Crippen LogP contribution is 2.08. The molecule has 0 spiro atoms. The second kappa shape index (κ2) is 7.28. The minimum atomic E-state index is -0.332. The Morgan fingerprint density at radius 1 is 1.05 bits per heavy atom. The fourth-order valence-electron chi connectivity index (χ4n) is 1.80. The Balaban J connectivity index is 1.75. The van der Waals surface area contributed by atoms with Crippen LogP contribution in [0.2, 0.25) is 0 Å². The van der Waals surface area contributed by atoms with Gasteiger partial charge in [0, 0.05) is 24.0 Å². The number of amides is 2. The Hall–Kier alpha value is -2.56. The van der Waals surface area contributed by atoms with Crippen LogP contribution in [0.4, 0.5) is 20.6 Å². The maximum absolute atomic E-state index is 12.8. The van der Waals surface area contributed by atoms with E-state index in [9.17, 15) is 9.18 Å². The smallest absolute Gasteiger partial charge is 0.319 e. The van der Waals surface area contributed by atoms with Crippen molar-refractivity contribution in [3.8, 4) is 0 Å². The van der Waals surface area contributed by atoms with E-state index >= 15 is 0 Å². The fraction of sp³-hybridized carbons (Fsp3) is 0.188. The molecular weight excluding hydrogens is 269 g/mol. The average molecular weight is 287 g/mol. The molecule has 2 aromatic rings. The molecule has 1 atom stereocenters. The molecule has 5 heteroatoms. The lowest BCUT2D eigenvalue weighted by atomic mass is 10.3. The summed E-state index contributed by atoms with van der Waals surface area (Å²) in [6.45, 7) is 2.51. The molecule has 4 nitrogen and oxygen atoms in total. The fourth-order valence-corrected chi connectivity index (χ4v) is 1.80. The Kier molecular flexibility index (Phi) is 5.15. The van der Waals surface area contributed by atoms with E-state index in [0.717, 1.165) is 5.69 Å². The summed E-state index contributed by atoms with van der Waals surface area (Å²) < 4.78 is 12.8. The van der Waals surface area contributed by atoms with Crippen LogP contribution in [-0.4, -0.2) is 18.6 Å². The molecule has 0 heterocycles. The van der Waals surface area contributed by atoms with Crippen molar-refractivity contribution in [1.82, 2.24) is 5.32 Å². The Morgan fingerprint density at radius 3 is 2.38 bits per heavy atom. The van der Waals surface area contributed by atoms with Gasteiger partial charge in [0.2, 0.25) is 0 Å². The molecule has 0 aliphatic carbocycles. The molecule has 0 fully saturated rings. The zero-order chi connectivity index (χ0) is 15.1. The van der Waals surface area contributed by atoms with Crippen molar-refractivity contribution < 1.29 is 9.18 Å². The Bertz CT molecular complexity index is 572. The number of nitrogens with one attached hydrogen (secondary N) is 3. The molecule has 2 aromatic carbocycles. The van der Waals surface area contributed by atoms with Gasteiger partial charge in [-0.05, 0) is 43.3 Å². The average Bonchev–Trinajstić information content (AvgIpc) is 2.48. The maximum Gasteiger partial charge on any atom is 0.319 e. The SMILES string of the molecule is CC(CNc1ccccc1)NC(=O)Nc1ccc(F)cc1. The monoisotopic (exact) mass is 287 g/mol.